The number of hydrogen-bond donors (Lipinski definition) is 0. The van der Waals surface area contributed by atoms with Gasteiger partial charge in [0.2, 0.25) is 0 Å². The molecule has 2 atom stereocenters. The zero-order valence-corrected chi connectivity index (χ0v) is 12.8. The van der Waals surface area contributed by atoms with E-state index >= 15 is 0 Å². The van der Waals surface area contributed by atoms with Gasteiger partial charge in [-0.3, -0.25) is 0 Å². The first-order valence-corrected chi connectivity index (χ1v) is 8.24. The molecule has 0 spiro atoms. The molecule has 3 aliphatic rings. The van der Waals surface area contributed by atoms with Gasteiger partial charge in [-0.25, -0.2) is 0 Å². The van der Waals surface area contributed by atoms with Gasteiger partial charge >= 0.3 is 0 Å². The molecule has 2 nitrogen and oxygen atoms in total. The average molecular weight is 270 g/mol. The molecule has 0 aromatic heterocycles. The molecule has 3 rings (SSSR count). The second-order valence-corrected chi connectivity index (χ2v) is 7.57. The Kier molecular flexibility index (Phi) is 6.32. The van der Waals surface area contributed by atoms with E-state index in [1.165, 1.54) is 12.8 Å². The summed E-state index contributed by atoms with van der Waals surface area (Å²) in [5.74, 6) is 6.60. The van der Waals surface area contributed by atoms with Gasteiger partial charge in [0.15, 0.2) is 0 Å². The van der Waals surface area contributed by atoms with Crippen molar-refractivity contribution in [1.82, 2.24) is 0 Å². The van der Waals surface area contributed by atoms with Gasteiger partial charge in [-0.1, -0.05) is 26.7 Å². The molecule has 3 fully saturated rings. The van der Waals surface area contributed by atoms with E-state index in [9.17, 15) is 0 Å². The predicted molar refractivity (Wildman–Crippen MR) is 81.1 cm³/mol. The van der Waals surface area contributed by atoms with E-state index in [2.05, 4.69) is 13.8 Å². The molecule has 0 aromatic carbocycles. The first-order valence-electron chi connectivity index (χ1n) is 8.24. The van der Waals surface area contributed by atoms with Gasteiger partial charge in [-0.15, -0.1) is 0 Å². The minimum absolute atomic E-state index is 0. The van der Waals surface area contributed by atoms with Crippen LogP contribution in [0.5, 0.6) is 0 Å². The third-order valence-corrected chi connectivity index (χ3v) is 6.32. The molecular formula is C17H34O2. The van der Waals surface area contributed by atoms with Crippen LogP contribution in [0.1, 0.15) is 71.6 Å². The smallest absolute Gasteiger partial charge is 0.0357 e. The fourth-order valence-corrected chi connectivity index (χ4v) is 4.81. The lowest BCUT2D eigenvalue weighted by Crippen LogP contribution is -2.25. The molecule has 0 saturated heterocycles. The molecule has 3 aliphatic carbocycles. The van der Waals surface area contributed by atoms with E-state index in [4.69, 9.17) is 0 Å². The standard InChI is InChI=1S/C17H30.2H2O/c1-12-3-5-14(6-4-12)15-7-9-16(10-8-15)17-11-13(17)2;;/h12-17H,3-11H2,1-2H3;2*1H2. The van der Waals surface area contributed by atoms with Gasteiger partial charge in [0, 0.05) is 0 Å². The summed E-state index contributed by atoms with van der Waals surface area (Å²) >= 11 is 0. The topological polar surface area (TPSA) is 63.0 Å². The summed E-state index contributed by atoms with van der Waals surface area (Å²) < 4.78 is 0. The van der Waals surface area contributed by atoms with Crippen LogP contribution in [0.2, 0.25) is 0 Å². The Morgan fingerprint density at radius 2 is 0.947 bits per heavy atom. The van der Waals surface area contributed by atoms with Crippen LogP contribution in [-0.4, -0.2) is 11.0 Å². The van der Waals surface area contributed by atoms with Crippen LogP contribution in [0.15, 0.2) is 0 Å². The molecule has 0 radical (unpaired) electrons. The zero-order valence-electron chi connectivity index (χ0n) is 12.8. The van der Waals surface area contributed by atoms with E-state index in [1.807, 2.05) is 0 Å². The Hall–Kier alpha value is -0.0800. The molecular weight excluding hydrogens is 236 g/mol. The molecule has 4 N–H and O–H groups in total. The SMILES string of the molecule is CC1CCC(C2CCC(C3CC3C)CC2)CC1.O.O. The molecule has 114 valence electrons. The van der Waals surface area contributed by atoms with Crippen LogP contribution in [0.3, 0.4) is 0 Å². The molecule has 0 amide bonds. The van der Waals surface area contributed by atoms with Crippen LogP contribution >= 0.6 is 0 Å². The lowest BCUT2D eigenvalue weighted by atomic mass is 9.68. The summed E-state index contributed by atoms with van der Waals surface area (Å²) in [5.41, 5.74) is 0. The molecule has 2 unspecified atom stereocenters. The zero-order chi connectivity index (χ0) is 11.8. The second kappa shape index (κ2) is 7.08. The van der Waals surface area contributed by atoms with E-state index in [0.29, 0.717) is 0 Å². The normalized spacial score (nSPS) is 45.8. The molecule has 0 heterocycles. The summed E-state index contributed by atoms with van der Waals surface area (Å²) in [6, 6.07) is 0. The maximum absolute atomic E-state index is 2.46. The van der Waals surface area contributed by atoms with E-state index in [-0.39, 0.29) is 11.0 Å². The first kappa shape index (κ1) is 17.0. The minimum atomic E-state index is 0. The molecule has 0 bridgehead atoms. The lowest BCUT2D eigenvalue weighted by molar-refractivity contribution is 0.142. The predicted octanol–water partition coefficient (Wildman–Crippen LogP) is 3.63. The molecule has 0 aromatic rings. The van der Waals surface area contributed by atoms with Crippen molar-refractivity contribution in [3.63, 3.8) is 0 Å². The quantitative estimate of drug-likeness (QED) is 0.735. The van der Waals surface area contributed by atoms with Crippen molar-refractivity contribution >= 4 is 0 Å². The van der Waals surface area contributed by atoms with E-state index in [0.717, 1.165) is 35.5 Å². The van der Waals surface area contributed by atoms with Crippen molar-refractivity contribution in [1.29, 1.82) is 0 Å². The Morgan fingerprint density at radius 1 is 0.579 bits per heavy atom. The summed E-state index contributed by atoms with van der Waals surface area (Å²) in [4.78, 5) is 0. The van der Waals surface area contributed by atoms with Crippen LogP contribution in [-0.2, 0) is 0 Å². The van der Waals surface area contributed by atoms with Crippen molar-refractivity contribution in [3.05, 3.63) is 0 Å². The maximum Gasteiger partial charge on any atom is -0.0357 e. The van der Waals surface area contributed by atoms with Gasteiger partial charge in [0.25, 0.3) is 0 Å². The minimum Gasteiger partial charge on any atom is -0.412 e. The molecule has 2 heteroatoms. The van der Waals surface area contributed by atoms with Gasteiger partial charge in [0.05, 0.1) is 0 Å². The maximum atomic E-state index is 2.46. The average Bonchev–Trinajstić information content (AvgIpc) is 3.08. The number of hydrogen-bond acceptors (Lipinski definition) is 0. The van der Waals surface area contributed by atoms with Crippen molar-refractivity contribution in [3.8, 4) is 0 Å². The van der Waals surface area contributed by atoms with Crippen molar-refractivity contribution < 1.29 is 11.0 Å². The van der Waals surface area contributed by atoms with E-state index in [1.54, 1.807) is 44.9 Å². The van der Waals surface area contributed by atoms with Crippen LogP contribution in [0.4, 0.5) is 0 Å². The van der Waals surface area contributed by atoms with Gasteiger partial charge in [0.1, 0.15) is 0 Å². The van der Waals surface area contributed by atoms with Crippen LogP contribution < -0.4 is 0 Å². The van der Waals surface area contributed by atoms with Crippen molar-refractivity contribution in [2.24, 2.45) is 35.5 Å². The van der Waals surface area contributed by atoms with Gasteiger partial charge in [-0.05, 0) is 80.5 Å². The second-order valence-electron chi connectivity index (χ2n) is 7.57. The Balaban J connectivity index is 0.000000902. The van der Waals surface area contributed by atoms with Crippen LogP contribution in [0.25, 0.3) is 0 Å². The highest BCUT2D eigenvalue weighted by molar-refractivity contribution is 4.91. The molecule has 3 saturated carbocycles. The van der Waals surface area contributed by atoms with E-state index < -0.39 is 0 Å². The monoisotopic (exact) mass is 270 g/mol. The van der Waals surface area contributed by atoms with Gasteiger partial charge in [-0.2, -0.15) is 0 Å². The third kappa shape index (κ3) is 3.95. The highest BCUT2D eigenvalue weighted by Crippen LogP contribution is 2.51. The highest BCUT2D eigenvalue weighted by Gasteiger charge is 2.41. The number of rotatable bonds is 2. The Bertz CT molecular complexity index is 250. The highest BCUT2D eigenvalue weighted by atomic mass is 16.0. The summed E-state index contributed by atoms with van der Waals surface area (Å²) in [5, 5.41) is 0. The summed E-state index contributed by atoms with van der Waals surface area (Å²) in [6.07, 6.45) is 14.0. The fraction of sp³-hybridized carbons (Fsp3) is 1.00. The third-order valence-electron chi connectivity index (χ3n) is 6.32. The lowest BCUT2D eigenvalue weighted by Gasteiger charge is -2.37. The summed E-state index contributed by atoms with van der Waals surface area (Å²) in [7, 11) is 0. The molecule has 0 aliphatic heterocycles. The largest absolute Gasteiger partial charge is 0.412 e. The van der Waals surface area contributed by atoms with Crippen LogP contribution in [0, 0.1) is 35.5 Å². The van der Waals surface area contributed by atoms with Gasteiger partial charge < -0.3 is 11.0 Å². The molecule has 19 heavy (non-hydrogen) atoms. The van der Waals surface area contributed by atoms with Crippen molar-refractivity contribution in [2.45, 2.75) is 71.6 Å². The first-order chi connectivity index (χ1) is 8.24. The summed E-state index contributed by atoms with van der Waals surface area (Å²) in [6.45, 7) is 4.90. The Morgan fingerprint density at radius 3 is 1.37 bits per heavy atom. The van der Waals surface area contributed by atoms with Crippen molar-refractivity contribution in [2.75, 3.05) is 0 Å². The fourth-order valence-electron chi connectivity index (χ4n) is 4.81. The Labute approximate surface area is 119 Å².